The highest BCUT2D eigenvalue weighted by molar-refractivity contribution is 5.85. The van der Waals surface area contributed by atoms with Gasteiger partial charge in [-0.05, 0) is 55.1 Å². The molecule has 0 aromatic heterocycles. The Bertz CT molecular complexity index is 605. The van der Waals surface area contributed by atoms with Gasteiger partial charge in [-0.2, -0.15) is 0 Å². The summed E-state index contributed by atoms with van der Waals surface area (Å²) in [5.74, 6) is 0.367. The number of hydrogen-bond acceptors (Lipinski definition) is 2. The molecule has 1 unspecified atom stereocenters. The molecule has 2 nitrogen and oxygen atoms in total. The van der Waals surface area contributed by atoms with Crippen molar-refractivity contribution in [2.45, 2.75) is 85.6 Å². The summed E-state index contributed by atoms with van der Waals surface area (Å²) in [7, 11) is 0. The Hall–Kier alpha value is -1.57. The lowest BCUT2D eigenvalue weighted by Gasteiger charge is -2.26. The van der Waals surface area contributed by atoms with Gasteiger partial charge in [-0.3, -0.25) is 4.99 Å². The second-order valence-electron chi connectivity index (χ2n) is 8.99. The number of nitrogens with zero attached hydrogens (tertiary/aromatic N) is 1. The minimum atomic E-state index is -0.0588. The molecule has 0 aliphatic heterocycles. The van der Waals surface area contributed by atoms with E-state index in [4.69, 9.17) is 0 Å². The molecular weight excluding hydrogens is 306 g/mol. The fourth-order valence-corrected chi connectivity index (χ4v) is 2.75. The minimum Gasteiger partial charge on any atom is -0.507 e. The molecule has 0 heterocycles. The molecule has 0 radical (unpaired) electrons. The van der Waals surface area contributed by atoms with Gasteiger partial charge in [-0.1, -0.05) is 53.7 Å². The molecule has 1 atom stereocenters. The van der Waals surface area contributed by atoms with E-state index in [0.717, 1.165) is 30.4 Å². The lowest BCUT2D eigenvalue weighted by atomic mass is 9.79. The first kappa shape index (κ1) is 21.5. The highest BCUT2D eigenvalue weighted by Gasteiger charge is 2.24. The quantitative estimate of drug-likeness (QED) is 0.427. The molecule has 0 saturated heterocycles. The van der Waals surface area contributed by atoms with E-state index in [1.807, 2.05) is 6.92 Å². The van der Waals surface area contributed by atoms with E-state index in [9.17, 15) is 5.11 Å². The second-order valence-corrected chi connectivity index (χ2v) is 8.99. The predicted octanol–water partition coefficient (Wildman–Crippen LogP) is 6.44. The first-order valence-electron chi connectivity index (χ1n) is 9.52. The number of phenolic OH excluding ortho intramolecular Hbond substituents is 1. The third-order valence-corrected chi connectivity index (χ3v) is 4.99. The minimum absolute atomic E-state index is 0.0478. The van der Waals surface area contributed by atoms with Crippen LogP contribution in [-0.2, 0) is 11.8 Å². The fourth-order valence-electron chi connectivity index (χ4n) is 2.75. The lowest BCUT2D eigenvalue weighted by Crippen LogP contribution is -2.17. The largest absolute Gasteiger partial charge is 0.507 e. The van der Waals surface area contributed by atoms with Gasteiger partial charge in [0.15, 0.2) is 0 Å². The highest BCUT2D eigenvalue weighted by Crippen LogP contribution is 2.37. The maximum atomic E-state index is 10.8. The van der Waals surface area contributed by atoms with Crippen LogP contribution >= 0.6 is 0 Å². The summed E-state index contributed by atoms with van der Waals surface area (Å²) in [5.41, 5.74) is 3.42. The second kappa shape index (κ2) is 8.69. The van der Waals surface area contributed by atoms with Crippen LogP contribution in [0.1, 0.15) is 84.4 Å². The summed E-state index contributed by atoms with van der Waals surface area (Å²) in [4.78, 5) is 4.48. The normalized spacial score (nSPS) is 14.0. The fraction of sp³-hybridized carbons (Fsp3) is 0.609. The Morgan fingerprint density at radius 1 is 1.20 bits per heavy atom. The van der Waals surface area contributed by atoms with Crippen LogP contribution in [0.5, 0.6) is 5.75 Å². The number of aryl methyl sites for hydroxylation is 1. The van der Waals surface area contributed by atoms with Crippen LogP contribution in [0.25, 0.3) is 0 Å². The zero-order valence-electron chi connectivity index (χ0n) is 17.3. The van der Waals surface area contributed by atoms with Crippen LogP contribution in [0.4, 0.5) is 0 Å². The van der Waals surface area contributed by atoms with Gasteiger partial charge in [0.25, 0.3) is 0 Å². The Morgan fingerprint density at radius 2 is 1.84 bits per heavy atom. The molecule has 1 aromatic rings. The number of benzene rings is 1. The van der Waals surface area contributed by atoms with Crippen molar-refractivity contribution in [2.75, 3.05) is 0 Å². The van der Waals surface area contributed by atoms with Crippen LogP contribution < -0.4 is 0 Å². The van der Waals surface area contributed by atoms with Gasteiger partial charge in [0.05, 0.1) is 6.04 Å². The van der Waals surface area contributed by atoms with Crippen LogP contribution in [0.15, 0.2) is 29.8 Å². The Labute approximate surface area is 155 Å². The van der Waals surface area contributed by atoms with Gasteiger partial charge in [0.2, 0.25) is 0 Å². The van der Waals surface area contributed by atoms with Crippen molar-refractivity contribution in [3.63, 3.8) is 0 Å². The molecule has 1 rings (SSSR count). The topological polar surface area (TPSA) is 32.6 Å². The standard InChI is InChI=1S/C23H37NO/c1-9-17(3)24-16-19-14-18(12-11-13-22(4,5)6)15-20(21(19)25)23(7,8)10-2/h9,14-17,25H,1,10-13H2,2-8H3. The monoisotopic (exact) mass is 343 g/mol. The van der Waals surface area contributed by atoms with E-state index in [0.29, 0.717) is 11.2 Å². The SMILES string of the molecule is C=CC(C)N=Cc1cc(CCCC(C)(C)C)cc(C(C)(C)CC)c1O. The summed E-state index contributed by atoms with van der Waals surface area (Å²) >= 11 is 0. The van der Waals surface area contributed by atoms with Crippen molar-refractivity contribution < 1.29 is 5.11 Å². The molecule has 140 valence electrons. The number of aliphatic imine (C=N–C) groups is 1. The van der Waals surface area contributed by atoms with Crippen molar-refractivity contribution in [3.8, 4) is 5.75 Å². The predicted molar refractivity (Wildman–Crippen MR) is 111 cm³/mol. The van der Waals surface area contributed by atoms with Gasteiger partial charge in [-0.25, -0.2) is 0 Å². The Kier molecular flexibility index (Phi) is 7.46. The molecule has 0 aliphatic rings. The number of hydrogen-bond donors (Lipinski definition) is 1. The van der Waals surface area contributed by atoms with Crippen LogP contribution in [0, 0.1) is 5.41 Å². The van der Waals surface area contributed by atoms with Gasteiger partial charge in [0.1, 0.15) is 5.75 Å². The molecule has 0 bridgehead atoms. The maximum absolute atomic E-state index is 10.8. The first-order chi connectivity index (χ1) is 11.5. The molecule has 0 fully saturated rings. The molecule has 25 heavy (non-hydrogen) atoms. The third kappa shape index (κ3) is 6.68. The lowest BCUT2D eigenvalue weighted by molar-refractivity contribution is 0.365. The summed E-state index contributed by atoms with van der Waals surface area (Å²) in [6.07, 6.45) is 7.95. The van der Waals surface area contributed by atoms with Crippen LogP contribution in [-0.4, -0.2) is 17.4 Å². The van der Waals surface area contributed by atoms with Crippen LogP contribution in [0.2, 0.25) is 0 Å². The Morgan fingerprint density at radius 3 is 2.36 bits per heavy atom. The van der Waals surface area contributed by atoms with Gasteiger partial charge < -0.3 is 5.11 Å². The van der Waals surface area contributed by atoms with Crippen molar-refractivity contribution in [1.82, 2.24) is 0 Å². The smallest absolute Gasteiger partial charge is 0.128 e. The average molecular weight is 344 g/mol. The zero-order valence-corrected chi connectivity index (χ0v) is 17.3. The molecular formula is C23H37NO. The van der Waals surface area contributed by atoms with Crippen LogP contribution in [0.3, 0.4) is 0 Å². The molecule has 2 heteroatoms. The molecule has 0 aliphatic carbocycles. The van der Waals surface area contributed by atoms with Gasteiger partial charge in [0, 0.05) is 17.3 Å². The van der Waals surface area contributed by atoms with E-state index >= 15 is 0 Å². The van der Waals surface area contributed by atoms with E-state index in [-0.39, 0.29) is 11.5 Å². The van der Waals surface area contributed by atoms with E-state index in [2.05, 4.69) is 65.2 Å². The van der Waals surface area contributed by atoms with Crippen molar-refractivity contribution in [1.29, 1.82) is 0 Å². The number of aromatic hydroxyl groups is 1. The zero-order chi connectivity index (χ0) is 19.3. The third-order valence-electron chi connectivity index (χ3n) is 4.99. The summed E-state index contributed by atoms with van der Waals surface area (Å²) in [6.45, 7) is 19.2. The van der Waals surface area contributed by atoms with Gasteiger partial charge in [-0.15, -0.1) is 6.58 Å². The average Bonchev–Trinajstić information content (AvgIpc) is 2.53. The molecule has 0 spiro atoms. The maximum Gasteiger partial charge on any atom is 0.128 e. The van der Waals surface area contributed by atoms with E-state index < -0.39 is 0 Å². The Balaban J connectivity index is 3.22. The number of phenols is 1. The van der Waals surface area contributed by atoms with E-state index in [1.165, 1.54) is 12.0 Å². The molecule has 1 N–H and O–H groups in total. The molecule has 0 saturated carbocycles. The van der Waals surface area contributed by atoms with Crippen molar-refractivity contribution in [2.24, 2.45) is 10.4 Å². The van der Waals surface area contributed by atoms with E-state index in [1.54, 1.807) is 12.3 Å². The summed E-state index contributed by atoms with van der Waals surface area (Å²) in [5, 5.41) is 10.8. The summed E-state index contributed by atoms with van der Waals surface area (Å²) < 4.78 is 0. The molecule has 1 aromatic carbocycles. The van der Waals surface area contributed by atoms with Crippen molar-refractivity contribution >= 4 is 6.21 Å². The summed E-state index contributed by atoms with van der Waals surface area (Å²) in [6, 6.07) is 4.33. The molecule has 0 amide bonds. The number of rotatable bonds is 8. The highest BCUT2D eigenvalue weighted by atomic mass is 16.3. The van der Waals surface area contributed by atoms with Crippen molar-refractivity contribution in [3.05, 3.63) is 41.5 Å². The van der Waals surface area contributed by atoms with Gasteiger partial charge >= 0.3 is 0 Å². The first-order valence-corrected chi connectivity index (χ1v) is 9.52.